The third kappa shape index (κ3) is 5.34. The molecule has 0 atom stereocenters. The standard InChI is InChI=1S/C18H20Cl2N2O3S/c19-16-4-3-15(18(20)11-16)13-26(23,24)21-12-14-1-5-17(6-2-14)22-7-9-25-10-8-22/h1-6,11,21H,7-10,12-13H2. The molecule has 140 valence electrons. The second kappa shape index (κ2) is 8.59. The minimum atomic E-state index is -3.50. The Balaban J connectivity index is 1.58. The van der Waals surface area contributed by atoms with Crippen molar-refractivity contribution < 1.29 is 13.2 Å². The van der Waals surface area contributed by atoms with Gasteiger partial charge in [-0.2, -0.15) is 0 Å². The van der Waals surface area contributed by atoms with E-state index in [-0.39, 0.29) is 12.3 Å². The molecule has 0 amide bonds. The van der Waals surface area contributed by atoms with Crippen molar-refractivity contribution >= 4 is 38.9 Å². The van der Waals surface area contributed by atoms with Gasteiger partial charge in [-0.1, -0.05) is 41.4 Å². The summed E-state index contributed by atoms with van der Waals surface area (Å²) in [5.74, 6) is -0.186. The number of hydrogen-bond acceptors (Lipinski definition) is 4. The topological polar surface area (TPSA) is 58.6 Å². The first-order chi connectivity index (χ1) is 12.4. The van der Waals surface area contributed by atoms with Gasteiger partial charge in [-0.05, 0) is 35.4 Å². The lowest BCUT2D eigenvalue weighted by atomic mass is 10.2. The Kier molecular flexibility index (Phi) is 6.42. The third-order valence-electron chi connectivity index (χ3n) is 4.17. The Morgan fingerprint density at radius 1 is 1.04 bits per heavy atom. The molecule has 0 saturated carbocycles. The number of benzene rings is 2. The first kappa shape index (κ1) is 19.5. The van der Waals surface area contributed by atoms with Crippen LogP contribution in [-0.2, 0) is 27.1 Å². The second-order valence-corrected chi connectivity index (χ2v) is 8.73. The van der Waals surface area contributed by atoms with Crippen LogP contribution in [-0.4, -0.2) is 34.7 Å². The molecule has 1 heterocycles. The van der Waals surface area contributed by atoms with Gasteiger partial charge in [-0.15, -0.1) is 0 Å². The van der Waals surface area contributed by atoms with Crippen LogP contribution < -0.4 is 9.62 Å². The summed E-state index contributed by atoms with van der Waals surface area (Å²) in [6.45, 7) is 3.43. The van der Waals surface area contributed by atoms with Crippen LogP contribution in [0.4, 0.5) is 5.69 Å². The molecule has 2 aromatic carbocycles. The maximum atomic E-state index is 12.3. The molecule has 5 nitrogen and oxygen atoms in total. The molecule has 8 heteroatoms. The SMILES string of the molecule is O=S(=O)(Cc1ccc(Cl)cc1Cl)NCc1ccc(N2CCOCC2)cc1. The lowest BCUT2D eigenvalue weighted by Gasteiger charge is -2.28. The molecule has 0 aromatic heterocycles. The van der Waals surface area contributed by atoms with Gasteiger partial charge in [0, 0.05) is 35.4 Å². The Hall–Kier alpha value is -1.31. The van der Waals surface area contributed by atoms with Crippen LogP contribution in [0.15, 0.2) is 42.5 Å². The highest BCUT2D eigenvalue weighted by Gasteiger charge is 2.15. The van der Waals surface area contributed by atoms with Crippen molar-refractivity contribution in [1.29, 1.82) is 0 Å². The van der Waals surface area contributed by atoms with Crippen LogP contribution in [0.3, 0.4) is 0 Å². The van der Waals surface area contributed by atoms with E-state index in [1.807, 2.05) is 24.3 Å². The number of sulfonamides is 1. The van der Waals surface area contributed by atoms with E-state index in [1.54, 1.807) is 18.2 Å². The van der Waals surface area contributed by atoms with Crippen LogP contribution in [0, 0.1) is 0 Å². The summed E-state index contributed by atoms with van der Waals surface area (Å²) in [7, 11) is -3.50. The van der Waals surface area contributed by atoms with Gasteiger partial charge >= 0.3 is 0 Å². The van der Waals surface area contributed by atoms with Gasteiger partial charge in [0.2, 0.25) is 10.0 Å². The largest absolute Gasteiger partial charge is 0.378 e. The van der Waals surface area contributed by atoms with E-state index < -0.39 is 10.0 Å². The van der Waals surface area contributed by atoms with E-state index >= 15 is 0 Å². The van der Waals surface area contributed by atoms with Gasteiger partial charge in [-0.3, -0.25) is 0 Å². The van der Waals surface area contributed by atoms with Crippen molar-refractivity contribution in [2.24, 2.45) is 0 Å². The molecule has 1 aliphatic rings. The Labute approximate surface area is 163 Å². The molecule has 3 rings (SSSR count). The molecule has 0 unspecified atom stereocenters. The number of halogens is 2. The highest BCUT2D eigenvalue weighted by atomic mass is 35.5. The Morgan fingerprint density at radius 2 is 1.73 bits per heavy atom. The average Bonchev–Trinajstić information content (AvgIpc) is 2.64. The highest BCUT2D eigenvalue weighted by molar-refractivity contribution is 7.88. The molecule has 1 aliphatic heterocycles. The number of nitrogens with one attached hydrogen (secondary N) is 1. The highest BCUT2D eigenvalue weighted by Crippen LogP contribution is 2.22. The summed E-state index contributed by atoms with van der Waals surface area (Å²) in [5.41, 5.74) is 2.53. The third-order valence-corrected chi connectivity index (χ3v) is 6.03. The molecule has 2 aromatic rings. The van der Waals surface area contributed by atoms with Crippen LogP contribution in [0.5, 0.6) is 0 Å². The van der Waals surface area contributed by atoms with E-state index in [0.717, 1.165) is 37.6 Å². The van der Waals surface area contributed by atoms with E-state index in [1.165, 1.54) is 0 Å². The quantitative estimate of drug-likeness (QED) is 0.785. The van der Waals surface area contributed by atoms with Crippen LogP contribution in [0.2, 0.25) is 10.0 Å². The van der Waals surface area contributed by atoms with E-state index in [9.17, 15) is 8.42 Å². The molecule has 1 saturated heterocycles. The molecule has 1 fully saturated rings. The van der Waals surface area contributed by atoms with Crippen LogP contribution in [0.25, 0.3) is 0 Å². The smallest absolute Gasteiger partial charge is 0.216 e. The van der Waals surface area contributed by atoms with Crippen molar-refractivity contribution in [1.82, 2.24) is 4.72 Å². The monoisotopic (exact) mass is 414 g/mol. The van der Waals surface area contributed by atoms with Gasteiger partial charge in [0.15, 0.2) is 0 Å². The summed E-state index contributed by atoms with van der Waals surface area (Å²) < 4.78 is 32.6. The maximum absolute atomic E-state index is 12.3. The number of nitrogens with zero attached hydrogens (tertiary/aromatic N) is 1. The van der Waals surface area contributed by atoms with E-state index in [0.29, 0.717) is 15.6 Å². The Morgan fingerprint density at radius 3 is 2.38 bits per heavy atom. The average molecular weight is 415 g/mol. The molecule has 0 bridgehead atoms. The fourth-order valence-corrected chi connectivity index (χ4v) is 4.44. The lowest BCUT2D eigenvalue weighted by Crippen LogP contribution is -2.36. The fraction of sp³-hybridized carbons (Fsp3) is 0.333. The normalized spacial score (nSPS) is 15.2. The molecule has 1 N–H and O–H groups in total. The molecular formula is C18H20Cl2N2O3S. The molecular weight excluding hydrogens is 395 g/mol. The van der Waals surface area contributed by atoms with Crippen LogP contribution in [0.1, 0.15) is 11.1 Å². The lowest BCUT2D eigenvalue weighted by molar-refractivity contribution is 0.122. The number of anilines is 1. The summed E-state index contributed by atoms with van der Waals surface area (Å²) in [5, 5.41) is 0.821. The minimum Gasteiger partial charge on any atom is -0.378 e. The van der Waals surface area contributed by atoms with Crippen molar-refractivity contribution in [2.45, 2.75) is 12.3 Å². The van der Waals surface area contributed by atoms with Gasteiger partial charge in [-0.25, -0.2) is 13.1 Å². The number of hydrogen-bond donors (Lipinski definition) is 1. The summed E-state index contributed by atoms with van der Waals surface area (Å²) in [4.78, 5) is 2.25. The second-order valence-electron chi connectivity index (χ2n) is 6.08. The Bertz CT molecular complexity index is 851. The zero-order chi connectivity index (χ0) is 18.6. The van der Waals surface area contributed by atoms with Crippen molar-refractivity contribution in [3.63, 3.8) is 0 Å². The summed E-state index contributed by atoms with van der Waals surface area (Å²) in [6, 6.07) is 12.7. The molecule has 0 spiro atoms. The zero-order valence-electron chi connectivity index (χ0n) is 14.1. The number of rotatable bonds is 6. The first-order valence-corrected chi connectivity index (χ1v) is 10.7. The van der Waals surface area contributed by atoms with Crippen molar-refractivity contribution in [2.75, 3.05) is 31.2 Å². The van der Waals surface area contributed by atoms with Gasteiger partial charge in [0.1, 0.15) is 0 Å². The molecule has 26 heavy (non-hydrogen) atoms. The first-order valence-electron chi connectivity index (χ1n) is 8.26. The van der Waals surface area contributed by atoms with Crippen molar-refractivity contribution in [3.05, 3.63) is 63.6 Å². The molecule has 0 radical (unpaired) electrons. The number of morpholine rings is 1. The predicted octanol–water partition coefficient (Wildman–Crippen LogP) is 3.45. The maximum Gasteiger partial charge on any atom is 0.216 e. The minimum absolute atomic E-state index is 0.186. The van der Waals surface area contributed by atoms with E-state index in [2.05, 4.69) is 9.62 Å². The summed E-state index contributed by atoms with van der Waals surface area (Å²) >= 11 is 11.9. The summed E-state index contributed by atoms with van der Waals surface area (Å²) in [6.07, 6.45) is 0. The van der Waals surface area contributed by atoms with Gasteiger partial charge < -0.3 is 9.64 Å². The zero-order valence-corrected chi connectivity index (χ0v) is 16.4. The van der Waals surface area contributed by atoms with Crippen LogP contribution >= 0.6 is 23.2 Å². The molecule has 0 aliphatic carbocycles. The number of ether oxygens (including phenoxy) is 1. The van der Waals surface area contributed by atoms with Gasteiger partial charge in [0.05, 0.1) is 19.0 Å². The predicted molar refractivity (Wildman–Crippen MR) is 105 cm³/mol. The van der Waals surface area contributed by atoms with Crippen molar-refractivity contribution in [3.8, 4) is 0 Å². The van der Waals surface area contributed by atoms with E-state index in [4.69, 9.17) is 27.9 Å². The van der Waals surface area contributed by atoms with Gasteiger partial charge in [0.25, 0.3) is 0 Å². The fourth-order valence-electron chi connectivity index (χ4n) is 2.73.